The van der Waals surface area contributed by atoms with Gasteiger partial charge >= 0.3 is 12.0 Å². The van der Waals surface area contributed by atoms with Crippen LogP contribution in [-0.2, 0) is 9.53 Å². The van der Waals surface area contributed by atoms with E-state index >= 15 is 0 Å². The SMILES string of the molecule is N#CC1CN(C(=O)N2CCC(CCC(=O)O)CC2)CCO1. The number of likely N-dealkylation sites (tertiary alicyclic amines) is 1. The van der Waals surface area contributed by atoms with Crippen molar-refractivity contribution in [3.63, 3.8) is 0 Å². The Hall–Kier alpha value is -1.81. The van der Waals surface area contributed by atoms with Crippen LogP contribution in [0.4, 0.5) is 4.79 Å². The maximum atomic E-state index is 12.4. The number of hydrogen-bond donors (Lipinski definition) is 1. The molecule has 1 atom stereocenters. The Labute approximate surface area is 124 Å². The van der Waals surface area contributed by atoms with E-state index in [2.05, 4.69) is 0 Å². The number of ether oxygens (including phenoxy) is 1. The number of rotatable bonds is 3. The van der Waals surface area contributed by atoms with Gasteiger partial charge in [0, 0.05) is 26.1 Å². The Morgan fingerprint density at radius 2 is 1.95 bits per heavy atom. The van der Waals surface area contributed by atoms with Gasteiger partial charge in [-0.2, -0.15) is 5.26 Å². The van der Waals surface area contributed by atoms with Gasteiger partial charge in [0.15, 0.2) is 6.10 Å². The molecule has 2 saturated heterocycles. The van der Waals surface area contributed by atoms with Crippen molar-refractivity contribution in [2.75, 3.05) is 32.8 Å². The van der Waals surface area contributed by atoms with Crippen molar-refractivity contribution < 1.29 is 19.4 Å². The molecule has 0 aromatic rings. The van der Waals surface area contributed by atoms with Crippen LogP contribution in [-0.4, -0.2) is 65.8 Å². The Morgan fingerprint density at radius 1 is 1.24 bits per heavy atom. The number of carboxylic acid groups (broad SMARTS) is 1. The third-order valence-corrected chi connectivity index (χ3v) is 4.13. The fourth-order valence-corrected chi connectivity index (χ4v) is 2.84. The minimum absolute atomic E-state index is 0.0322. The van der Waals surface area contributed by atoms with Crippen molar-refractivity contribution in [1.82, 2.24) is 9.80 Å². The van der Waals surface area contributed by atoms with Gasteiger partial charge < -0.3 is 19.6 Å². The molecule has 2 aliphatic rings. The largest absolute Gasteiger partial charge is 0.481 e. The molecule has 116 valence electrons. The number of aliphatic carboxylic acids is 1. The Balaban J connectivity index is 1.77. The second kappa shape index (κ2) is 7.27. The highest BCUT2D eigenvalue weighted by atomic mass is 16.5. The van der Waals surface area contributed by atoms with Crippen LogP contribution in [0.1, 0.15) is 25.7 Å². The van der Waals surface area contributed by atoms with Crippen molar-refractivity contribution in [3.8, 4) is 6.07 Å². The number of hydrogen-bond acceptors (Lipinski definition) is 4. The van der Waals surface area contributed by atoms with Crippen LogP contribution >= 0.6 is 0 Å². The second-order valence-corrected chi connectivity index (χ2v) is 5.58. The minimum Gasteiger partial charge on any atom is -0.481 e. The molecule has 2 aliphatic heterocycles. The zero-order chi connectivity index (χ0) is 15.2. The number of amides is 2. The molecule has 2 heterocycles. The normalized spacial score (nSPS) is 23.7. The third kappa shape index (κ3) is 4.33. The maximum absolute atomic E-state index is 12.4. The van der Waals surface area contributed by atoms with Crippen LogP contribution in [0.3, 0.4) is 0 Å². The summed E-state index contributed by atoms with van der Waals surface area (Å²) in [6, 6.07) is 2.00. The van der Waals surface area contributed by atoms with Gasteiger partial charge in [-0.3, -0.25) is 4.79 Å². The van der Waals surface area contributed by atoms with Gasteiger partial charge in [0.1, 0.15) is 0 Å². The zero-order valence-corrected chi connectivity index (χ0v) is 12.0. The lowest BCUT2D eigenvalue weighted by atomic mass is 9.92. The smallest absolute Gasteiger partial charge is 0.320 e. The number of nitriles is 1. The van der Waals surface area contributed by atoms with Gasteiger partial charge in [0.05, 0.1) is 19.2 Å². The number of nitrogens with zero attached hydrogens (tertiary/aromatic N) is 3. The lowest BCUT2D eigenvalue weighted by Crippen LogP contribution is -2.52. The molecule has 7 heteroatoms. The summed E-state index contributed by atoms with van der Waals surface area (Å²) < 4.78 is 5.24. The van der Waals surface area contributed by atoms with Crippen molar-refractivity contribution >= 4 is 12.0 Å². The fraction of sp³-hybridized carbons (Fsp3) is 0.786. The molecule has 21 heavy (non-hydrogen) atoms. The summed E-state index contributed by atoms with van der Waals surface area (Å²) in [6.45, 7) is 2.58. The zero-order valence-electron chi connectivity index (χ0n) is 12.0. The molecular weight excluding hydrogens is 274 g/mol. The van der Waals surface area contributed by atoms with E-state index in [1.165, 1.54) is 0 Å². The highest BCUT2D eigenvalue weighted by Crippen LogP contribution is 2.23. The molecule has 0 spiro atoms. The molecule has 0 bridgehead atoms. The summed E-state index contributed by atoms with van der Waals surface area (Å²) in [5.74, 6) is -0.369. The summed E-state index contributed by atoms with van der Waals surface area (Å²) in [6.07, 6.45) is 2.06. The first-order valence-electron chi connectivity index (χ1n) is 7.37. The number of carbonyl (C=O) groups is 2. The molecule has 0 aliphatic carbocycles. The average Bonchev–Trinajstić information content (AvgIpc) is 2.52. The molecule has 0 aromatic carbocycles. The molecule has 0 aromatic heterocycles. The first-order valence-corrected chi connectivity index (χ1v) is 7.37. The van der Waals surface area contributed by atoms with Crippen LogP contribution in [0.15, 0.2) is 0 Å². The second-order valence-electron chi connectivity index (χ2n) is 5.58. The summed E-state index contributed by atoms with van der Waals surface area (Å²) in [4.78, 5) is 26.4. The van der Waals surface area contributed by atoms with Crippen molar-refractivity contribution in [2.45, 2.75) is 31.8 Å². The number of urea groups is 1. The van der Waals surface area contributed by atoms with Crippen LogP contribution < -0.4 is 0 Å². The molecule has 0 saturated carbocycles. The van der Waals surface area contributed by atoms with Crippen LogP contribution in [0, 0.1) is 17.2 Å². The number of piperidine rings is 1. The van der Waals surface area contributed by atoms with Gasteiger partial charge in [-0.05, 0) is 25.2 Å². The Bertz CT molecular complexity index is 426. The molecular formula is C14H21N3O4. The monoisotopic (exact) mass is 295 g/mol. The van der Waals surface area contributed by atoms with E-state index in [0.29, 0.717) is 45.1 Å². The number of carboxylic acids is 1. The summed E-state index contributed by atoms with van der Waals surface area (Å²) >= 11 is 0. The average molecular weight is 295 g/mol. The van der Waals surface area contributed by atoms with Gasteiger partial charge in [0.25, 0.3) is 0 Å². The third-order valence-electron chi connectivity index (χ3n) is 4.13. The van der Waals surface area contributed by atoms with Crippen molar-refractivity contribution in [2.24, 2.45) is 5.92 Å². The Kier molecular flexibility index (Phi) is 5.39. The molecule has 7 nitrogen and oxygen atoms in total. The van der Waals surface area contributed by atoms with Gasteiger partial charge in [-0.25, -0.2) is 4.79 Å². The lowest BCUT2D eigenvalue weighted by molar-refractivity contribution is -0.137. The summed E-state index contributed by atoms with van der Waals surface area (Å²) in [5.41, 5.74) is 0. The van der Waals surface area contributed by atoms with Crippen LogP contribution in [0.25, 0.3) is 0 Å². The van der Waals surface area contributed by atoms with E-state index in [9.17, 15) is 9.59 Å². The molecule has 2 amide bonds. The number of morpholine rings is 1. The van der Waals surface area contributed by atoms with Gasteiger partial charge in [-0.15, -0.1) is 0 Å². The van der Waals surface area contributed by atoms with E-state index in [1.807, 2.05) is 6.07 Å². The predicted molar refractivity (Wildman–Crippen MR) is 73.5 cm³/mol. The summed E-state index contributed by atoms with van der Waals surface area (Å²) in [5, 5.41) is 17.6. The van der Waals surface area contributed by atoms with E-state index in [1.54, 1.807) is 9.80 Å². The molecule has 2 fully saturated rings. The topological polar surface area (TPSA) is 93.9 Å². The first kappa shape index (κ1) is 15.6. The van der Waals surface area contributed by atoms with E-state index in [0.717, 1.165) is 12.8 Å². The predicted octanol–water partition coefficient (Wildman–Crippen LogP) is 0.908. The van der Waals surface area contributed by atoms with Crippen LogP contribution in [0.5, 0.6) is 0 Å². The lowest BCUT2D eigenvalue weighted by Gasteiger charge is -2.37. The fourth-order valence-electron chi connectivity index (χ4n) is 2.84. The van der Waals surface area contributed by atoms with Gasteiger partial charge in [-0.1, -0.05) is 0 Å². The standard InChI is InChI=1S/C14H21N3O4/c15-9-12-10-17(7-8-21-12)14(20)16-5-3-11(4-6-16)1-2-13(18)19/h11-12H,1-8,10H2,(H,18,19). The van der Waals surface area contributed by atoms with Crippen molar-refractivity contribution in [1.29, 1.82) is 5.26 Å². The highest BCUT2D eigenvalue weighted by molar-refractivity contribution is 5.74. The van der Waals surface area contributed by atoms with E-state index in [-0.39, 0.29) is 12.5 Å². The molecule has 0 radical (unpaired) electrons. The molecule has 1 N–H and O–H groups in total. The Morgan fingerprint density at radius 3 is 2.57 bits per heavy atom. The highest BCUT2D eigenvalue weighted by Gasteiger charge is 2.30. The summed E-state index contributed by atoms with van der Waals surface area (Å²) in [7, 11) is 0. The number of carbonyl (C=O) groups excluding carboxylic acids is 1. The van der Waals surface area contributed by atoms with Crippen LogP contribution in [0.2, 0.25) is 0 Å². The van der Waals surface area contributed by atoms with E-state index < -0.39 is 12.1 Å². The molecule has 1 unspecified atom stereocenters. The maximum Gasteiger partial charge on any atom is 0.320 e. The van der Waals surface area contributed by atoms with Gasteiger partial charge in [0.2, 0.25) is 0 Å². The quantitative estimate of drug-likeness (QED) is 0.835. The molecule has 2 rings (SSSR count). The van der Waals surface area contributed by atoms with E-state index in [4.69, 9.17) is 15.1 Å². The first-order chi connectivity index (χ1) is 10.1. The van der Waals surface area contributed by atoms with Crippen molar-refractivity contribution in [3.05, 3.63) is 0 Å². The minimum atomic E-state index is -0.760.